The average Bonchev–Trinajstić information content (AvgIpc) is 1.72. The molecule has 0 rings (SSSR count). The summed E-state index contributed by atoms with van der Waals surface area (Å²) in [6, 6.07) is 0. The zero-order valence-corrected chi connectivity index (χ0v) is 4.57. The van der Waals surface area contributed by atoms with Gasteiger partial charge in [0.25, 0.3) is 0 Å². The molecule has 0 spiro atoms. The van der Waals surface area contributed by atoms with E-state index in [-0.39, 0.29) is 0 Å². The smallest absolute Gasteiger partial charge is 0.00799 e. The quantitative estimate of drug-likeness (QED) is 0.473. The molecule has 0 fully saturated rings. The predicted octanol–water partition coefficient (Wildman–Crippen LogP) is -0.0700. The van der Waals surface area contributed by atoms with E-state index in [1.807, 2.05) is 0 Å². The van der Waals surface area contributed by atoms with Crippen molar-refractivity contribution in [3.05, 3.63) is 0 Å². The van der Waals surface area contributed by atoms with Gasteiger partial charge in [-0.05, 0) is 20.0 Å². The van der Waals surface area contributed by atoms with Gasteiger partial charge >= 0.3 is 0 Å². The maximum Gasteiger partial charge on any atom is -0.00799 e. The second-order valence-electron chi connectivity index (χ2n) is 0.789. The molecular weight excluding hydrogens is 76.1 g/mol. The van der Waals surface area contributed by atoms with Crippen LogP contribution in [0.5, 0.6) is 0 Å². The lowest BCUT2D eigenvalue weighted by Gasteiger charge is -1.70. The van der Waals surface area contributed by atoms with E-state index in [9.17, 15) is 0 Å². The Hall–Kier alpha value is -0.0800. The minimum Gasteiger partial charge on any atom is -0.333 e. The van der Waals surface area contributed by atoms with Gasteiger partial charge in [-0.2, -0.15) is 0 Å². The molecule has 0 aliphatic rings. The summed E-state index contributed by atoms with van der Waals surface area (Å²) in [5.41, 5.74) is 9.53. The van der Waals surface area contributed by atoms with Gasteiger partial charge in [0.1, 0.15) is 0 Å². The normalized spacial score (nSPS) is 6.00. The highest BCUT2D eigenvalue weighted by Gasteiger charge is 1.55. The van der Waals surface area contributed by atoms with E-state index in [4.69, 9.17) is 5.73 Å². The van der Waals surface area contributed by atoms with E-state index in [1.54, 1.807) is 0 Å². The van der Waals surface area contributed by atoms with Crippen LogP contribution in [-0.2, 0) is 0 Å². The molecule has 0 bridgehead atoms. The molecule has 6 heavy (non-hydrogen) atoms. The molecule has 0 saturated carbocycles. The Morgan fingerprint density at radius 3 is 1.50 bits per heavy atom. The van der Waals surface area contributed by atoms with Crippen LogP contribution in [0.25, 0.3) is 0 Å². The van der Waals surface area contributed by atoms with Crippen molar-refractivity contribution in [2.75, 3.05) is 13.6 Å². The zero-order chi connectivity index (χ0) is 5.41. The first kappa shape index (κ1) is 9.33. The van der Waals surface area contributed by atoms with Crippen molar-refractivity contribution < 1.29 is 0 Å². The lowest BCUT2D eigenvalue weighted by molar-refractivity contribution is 0.932. The second-order valence-corrected chi connectivity index (χ2v) is 0.789. The highest BCUT2D eigenvalue weighted by atomic mass is 14.5. The standard InChI is InChI=1S/C3H9N.CH5N/c1-2-3-4;1-2/h2-4H2,1H3;2H2,1H3. The van der Waals surface area contributed by atoms with Crippen LogP contribution in [0.4, 0.5) is 0 Å². The van der Waals surface area contributed by atoms with E-state index in [1.165, 1.54) is 7.05 Å². The fourth-order valence-corrected chi connectivity index (χ4v) is 0. The summed E-state index contributed by atoms with van der Waals surface area (Å²) in [5.74, 6) is 0. The molecule has 0 aliphatic carbocycles. The van der Waals surface area contributed by atoms with Crippen molar-refractivity contribution in [2.24, 2.45) is 11.5 Å². The van der Waals surface area contributed by atoms with Crippen LogP contribution >= 0.6 is 0 Å². The topological polar surface area (TPSA) is 52.0 Å². The second kappa shape index (κ2) is 20.5. The molecule has 2 nitrogen and oxygen atoms in total. The van der Waals surface area contributed by atoms with Crippen molar-refractivity contribution in [1.29, 1.82) is 0 Å². The van der Waals surface area contributed by atoms with Gasteiger partial charge in [-0.15, -0.1) is 0 Å². The van der Waals surface area contributed by atoms with Gasteiger partial charge in [-0.1, -0.05) is 6.92 Å². The Kier molecular flexibility index (Phi) is 31.9. The van der Waals surface area contributed by atoms with Crippen molar-refractivity contribution in [3.63, 3.8) is 0 Å². The van der Waals surface area contributed by atoms with Crippen LogP contribution in [-0.4, -0.2) is 13.6 Å². The number of hydrogen-bond acceptors (Lipinski definition) is 2. The van der Waals surface area contributed by atoms with Gasteiger partial charge in [-0.3, -0.25) is 0 Å². The van der Waals surface area contributed by atoms with Gasteiger partial charge in [0.2, 0.25) is 0 Å². The molecule has 0 atom stereocenters. The molecule has 40 valence electrons. The molecular formula is C4H14N2. The lowest BCUT2D eigenvalue weighted by atomic mass is 10.5. The highest BCUT2D eigenvalue weighted by molar-refractivity contribution is 4.19. The fraction of sp³-hybridized carbons (Fsp3) is 1.00. The maximum atomic E-state index is 5.03. The molecule has 0 aromatic rings. The first-order valence-electron chi connectivity index (χ1n) is 2.19. The molecule has 0 heterocycles. The fourth-order valence-electron chi connectivity index (χ4n) is 0. The molecule has 0 radical (unpaired) electrons. The Bertz CT molecular complexity index is 7.51. The first-order valence-corrected chi connectivity index (χ1v) is 2.19. The molecule has 0 aromatic carbocycles. The minimum absolute atomic E-state index is 0.819. The maximum absolute atomic E-state index is 5.03. The third kappa shape index (κ3) is 39.5. The number of rotatable bonds is 1. The van der Waals surface area contributed by atoms with Crippen LogP contribution in [0.15, 0.2) is 0 Å². The monoisotopic (exact) mass is 90.1 g/mol. The summed E-state index contributed by atoms with van der Waals surface area (Å²) in [6.45, 7) is 2.88. The summed E-state index contributed by atoms with van der Waals surface area (Å²) in [7, 11) is 1.50. The summed E-state index contributed by atoms with van der Waals surface area (Å²) in [4.78, 5) is 0. The van der Waals surface area contributed by atoms with Crippen LogP contribution < -0.4 is 11.5 Å². The van der Waals surface area contributed by atoms with Gasteiger partial charge in [0, 0.05) is 0 Å². The molecule has 0 unspecified atom stereocenters. The van der Waals surface area contributed by atoms with E-state index >= 15 is 0 Å². The Morgan fingerprint density at radius 2 is 1.50 bits per heavy atom. The molecule has 0 amide bonds. The first-order chi connectivity index (χ1) is 2.91. The largest absolute Gasteiger partial charge is 0.333 e. The van der Waals surface area contributed by atoms with Crippen molar-refractivity contribution in [1.82, 2.24) is 0 Å². The van der Waals surface area contributed by atoms with Gasteiger partial charge in [-0.25, -0.2) is 0 Å². The van der Waals surface area contributed by atoms with Gasteiger partial charge in [0.15, 0.2) is 0 Å². The molecule has 0 aromatic heterocycles. The van der Waals surface area contributed by atoms with Crippen LogP contribution in [0.3, 0.4) is 0 Å². The van der Waals surface area contributed by atoms with Crippen molar-refractivity contribution in [3.8, 4) is 0 Å². The van der Waals surface area contributed by atoms with Crippen LogP contribution in [0.1, 0.15) is 13.3 Å². The van der Waals surface area contributed by atoms with Gasteiger partial charge in [0.05, 0.1) is 0 Å². The third-order valence-electron chi connectivity index (χ3n) is 0.289. The summed E-state index contributed by atoms with van der Waals surface area (Å²) >= 11 is 0. The summed E-state index contributed by atoms with van der Waals surface area (Å²) in [6.07, 6.45) is 1.10. The number of nitrogens with two attached hydrogens (primary N) is 2. The predicted molar refractivity (Wildman–Crippen MR) is 29.5 cm³/mol. The third-order valence-corrected chi connectivity index (χ3v) is 0.289. The van der Waals surface area contributed by atoms with Gasteiger partial charge < -0.3 is 11.5 Å². The number of hydrogen-bond donors (Lipinski definition) is 2. The minimum atomic E-state index is 0.819. The molecule has 0 saturated heterocycles. The average molecular weight is 90.2 g/mol. The zero-order valence-electron chi connectivity index (χ0n) is 4.57. The van der Waals surface area contributed by atoms with Crippen molar-refractivity contribution in [2.45, 2.75) is 13.3 Å². The Balaban J connectivity index is 0. The Labute approximate surface area is 39.5 Å². The van der Waals surface area contributed by atoms with Crippen LogP contribution in [0.2, 0.25) is 0 Å². The molecule has 0 aliphatic heterocycles. The van der Waals surface area contributed by atoms with E-state index in [0.29, 0.717) is 0 Å². The lowest BCUT2D eigenvalue weighted by Crippen LogP contribution is -1.93. The molecule has 4 N–H and O–H groups in total. The summed E-state index contributed by atoms with van der Waals surface area (Å²) < 4.78 is 0. The Morgan fingerprint density at radius 1 is 1.33 bits per heavy atom. The van der Waals surface area contributed by atoms with E-state index in [0.717, 1.165) is 13.0 Å². The van der Waals surface area contributed by atoms with E-state index < -0.39 is 0 Å². The van der Waals surface area contributed by atoms with Crippen molar-refractivity contribution >= 4 is 0 Å². The van der Waals surface area contributed by atoms with Crippen LogP contribution in [0, 0.1) is 0 Å². The highest BCUT2D eigenvalue weighted by Crippen LogP contribution is 1.57. The van der Waals surface area contributed by atoms with E-state index in [2.05, 4.69) is 12.7 Å². The molecule has 2 heteroatoms. The summed E-state index contributed by atoms with van der Waals surface area (Å²) in [5, 5.41) is 0. The SMILES string of the molecule is CCCN.CN.